The van der Waals surface area contributed by atoms with Crippen molar-refractivity contribution in [3.63, 3.8) is 0 Å². The SMILES string of the molecule is CNCCc1ccc(Br)cc1C. The van der Waals surface area contributed by atoms with Crippen molar-refractivity contribution < 1.29 is 0 Å². The van der Waals surface area contributed by atoms with Crippen LogP contribution < -0.4 is 5.32 Å². The van der Waals surface area contributed by atoms with Crippen LogP contribution >= 0.6 is 15.9 Å². The van der Waals surface area contributed by atoms with Crippen molar-refractivity contribution in [2.45, 2.75) is 13.3 Å². The average Bonchev–Trinajstić information content (AvgIpc) is 2.03. The summed E-state index contributed by atoms with van der Waals surface area (Å²) in [5, 5.41) is 3.15. The second kappa shape index (κ2) is 4.63. The Kier molecular flexibility index (Phi) is 3.76. The molecule has 1 aromatic rings. The fraction of sp³-hybridized carbons (Fsp3) is 0.400. The maximum Gasteiger partial charge on any atom is 0.0178 e. The number of rotatable bonds is 3. The van der Waals surface area contributed by atoms with E-state index in [0.29, 0.717) is 0 Å². The van der Waals surface area contributed by atoms with Gasteiger partial charge in [-0.2, -0.15) is 0 Å². The normalized spacial score (nSPS) is 10.2. The molecule has 1 nitrogen and oxygen atoms in total. The lowest BCUT2D eigenvalue weighted by Crippen LogP contribution is -2.10. The van der Waals surface area contributed by atoms with Crippen molar-refractivity contribution in [1.82, 2.24) is 5.32 Å². The van der Waals surface area contributed by atoms with Crippen LogP contribution in [0.1, 0.15) is 11.1 Å². The summed E-state index contributed by atoms with van der Waals surface area (Å²) < 4.78 is 1.16. The third kappa shape index (κ3) is 2.61. The van der Waals surface area contributed by atoms with Crippen LogP contribution in [-0.4, -0.2) is 13.6 Å². The maximum absolute atomic E-state index is 3.45. The third-order valence-electron chi connectivity index (χ3n) is 1.95. The second-order valence-corrected chi connectivity index (χ2v) is 3.84. The summed E-state index contributed by atoms with van der Waals surface area (Å²) in [6.07, 6.45) is 1.11. The molecule has 0 bridgehead atoms. The molecule has 1 rings (SSSR count). The van der Waals surface area contributed by atoms with Crippen LogP contribution in [0.4, 0.5) is 0 Å². The van der Waals surface area contributed by atoms with E-state index >= 15 is 0 Å². The second-order valence-electron chi connectivity index (χ2n) is 2.92. The minimum atomic E-state index is 1.04. The van der Waals surface area contributed by atoms with Crippen molar-refractivity contribution in [3.8, 4) is 0 Å². The highest BCUT2D eigenvalue weighted by atomic mass is 79.9. The van der Waals surface area contributed by atoms with Crippen molar-refractivity contribution in [3.05, 3.63) is 33.8 Å². The van der Waals surface area contributed by atoms with Gasteiger partial charge in [-0.05, 0) is 50.2 Å². The molecule has 0 radical (unpaired) electrons. The quantitative estimate of drug-likeness (QED) is 0.838. The van der Waals surface area contributed by atoms with Gasteiger partial charge in [0.25, 0.3) is 0 Å². The highest BCUT2D eigenvalue weighted by Crippen LogP contribution is 2.15. The van der Waals surface area contributed by atoms with E-state index in [1.807, 2.05) is 7.05 Å². The zero-order valence-corrected chi connectivity index (χ0v) is 9.11. The first-order valence-corrected chi connectivity index (χ1v) is 4.93. The Hall–Kier alpha value is -0.340. The number of hydrogen-bond donors (Lipinski definition) is 1. The Balaban J connectivity index is 2.72. The minimum Gasteiger partial charge on any atom is -0.319 e. The minimum absolute atomic E-state index is 1.04. The van der Waals surface area contributed by atoms with Gasteiger partial charge in [0.2, 0.25) is 0 Å². The third-order valence-corrected chi connectivity index (χ3v) is 2.44. The Morgan fingerprint density at radius 1 is 1.42 bits per heavy atom. The predicted molar refractivity (Wildman–Crippen MR) is 56.5 cm³/mol. The van der Waals surface area contributed by atoms with E-state index in [0.717, 1.165) is 17.4 Å². The van der Waals surface area contributed by atoms with Crippen molar-refractivity contribution in [2.75, 3.05) is 13.6 Å². The summed E-state index contributed by atoms with van der Waals surface area (Å²) in [6.45, 7) is 3.19. The first-order chi connectivity index (χ1) is 5.74. The molecule has 0 spiro atoms. The van der Waals surface area contributed by atoms with E-state index in [2.05, 4.69) is 46.4 Å². The van der Waals surface area contributed by atoms with Gasteiger partial charge < -0.3 is 5.32 Å². The molecule has 2 heteroatoms. The lowest BCUT2D eigenvalue weighted by molar-refractivity contribution is 0.788. The summed E-state index contributed by atoms with van der Waals surface area (Å²) in [5.74, 6) is 0. The molecule has 0 aliphatic carbocycles. The molecule has 1 N–H and O–H groups in total. The number of halogens is 1. The van der Waals surface area contributed by atoms with E-state index in [4.69, 9.17) is 0 Å². The summed E-state index contributed by atoms with van der Waals surface area (Å²) in [4.78, 5) is 0. The molecule has 0 saturated heterocycles. The highest BCUT2D eigenvalue weighted by molar-refractivity contribution is 9.10. The highest BCUT2D eigenvalue weighted by Gasteiger charge is 1.97. The standard InChI is InChI=1S/C10H14BrN/c1-8-7-10(11)4-3-9(8)5-6-12-2/h3-4,7,12H,5-6H2,1-2H3. The topological polar surface area (TPSA) is 12.0 Å². The lowest BCUT2D eigenvalue weighted by Gasteiger charge is -2.05. The number of benzene rings is 1. The Morgan fingerprint density at radius 2 is 2.17 bits per heavy atom. The zero-order valence-electron chi connectivity index (χ0n) is 7.52. The molecule has 12 heavy (non-hydrogen) atoms. The van der Waals surface area contributed by atoms with Crippen LogP contribution in [0.2, 0.25) is 0 Å². The van der Waals surface area contributed by atoms with Crippen LogP contribution in [0.15, 0.2) is 22.7 Å². The molecule has 1 aromatic carbocycles. The molecule has 0 aliphatic rings. The van der Waals surface area contributed by atoms with E-state index in [9.17, 15) is 0 Å². The number of nitrogens with one attached hydrogen (secondary N) is 1. The fourth-order valence-electron chi connectivity index (χ4n) is 1.20. The number of likely N-dealkylation sites (N-methyl/N-ethyl adjacent to an activating group) is 1. The van der Waals surface area contributed by atoms with E-state index in [-0.39, 0.29) is 0 Å². The van der Waals surface area contributed by atoms with Crippen molar-refractivity contribution >= 4 is 15.9 Å². The summed E-state index contributed by atoms with van der Waals surface area (Å²) >= 11 is 3.45. The Morgan fingerprint density at radius 3 is 2.75 bits per heavy atom. The summed E-state index contributed by atoms with van der Waals surface area (Å²) in [7, 11) is 1.98. The monoisotopic (exact) mass is 227 g/mol. The summed E-state index contributed by atoms with van der Waals surface area (Å²) in [5.41, 5.74) is 2.78. The molecule has 66 valence electrons. The van der Waals surface area contributed by atoms with Crippen LogP contribution in [0, 0.1) is 6.92 Å². The zero-order chi connectivity index (χ0) is 8.97. The average molecular weight is 228 g/mol. The van der Waals surface area contributed by atoms with Crippen molar-refractivity contribution in [1.29, 1.82) is 0 Å². The molecule has 0 saturated carbocycles. The molecule has 0 unspecified atom stereocenters. The maximum atomic E-state index is 3.45. The van der Waals surface area contributed by atoms with Gasteiger partial charge in [-0.3, -0.25) is 0 Å². The first-order valence-electron chi connectivity index (χ1n) is 4.13. The van der Waals surface area contributed by atoms with Crippen LogP contribution in [-0.2, 0) is 6.42 Å². The van der Waals surface area contributed by atoms with Gasteiger partial charge in [0.1, 0.15) is 0 Å². The van der Waals surface area contributed by atoms with E-state index in [1.165, 1.54) is 11.1 Å². The Labute approximate surface area is 82.3 Å². The number of aryl methyl sites for hydroxylation is 1. The predicted octanol–water partition coefficient (Wildman–Crippen LogP) is 2.52. The van der Waals surface area contributed by atoms with Gasteiger partial charge in [0.15, 0.2) is 0 Å². The first kappa shape index (κ1) is 9.75. The van der Waals surface area contributed by atoms with E-state index < -0.39 is 0 Å². The molecule has 0 amide bonds. The van der Waals surface area contributed by atoms with Gasteiger partial charge in [-0.25, -0.2) is 0 Å². The lowest BCUT2D eigenvalue weighted by atomic mass is 10.1. The van der Waals surface area contributed by atoms with E-state index in [1.54, 1.807) is 0 Å². The van der Waals surface area contributed by atoms with Crippen molar-refractivity contribution in [2.24, 2.45) is 0 Å². The van der Waals surface area contributed by atoms with Gasteiger partial charge in [-0.15, -0.1) is 0 Å². The van der Waals surface area contributed by atoms with Gasteiger partial charge >= 0.3 is 0 Å². The summed E-state index contributed by atoms with van der Waals surface area (Å²) in [6, 6.07) is 6.43. The van der Waals surface area contributed by atoms with Gasteiger partial charge in [0.05, 0.1) is 0 Å². The molecule has 0 fully saturated rings. The van der Waals surface area contributed by atoms with Gasteiger partial charge in [0, 0.05) is 4.47 Å². The largest absolute Gasteiger partial charge is 0.319 e. The molecule has 0 aliphatic heterocycles. The van der Waals surface area contributed by atoms with Gasteiger partial charge in [-0.1, -0.05) is 22.0 Å². The van der Waals surface area contributed by atoms with Crippen LogP contribution in [0.5, 0.6) is 0 Å². The molecule has 0 heterocycles. The smallest absolute Gasteiger partial charge is 0.0178 e. The molecule has 0 aromatic heterocycles. The van der Waals surface area contributed by atoms with Crippen LogP contribution in [0.3, 0.4) is 0 Å². The molecule has 0 atom stereocenters. The fourth-order valence-corrected chi connectivity index (χ4v) is 1.68. The Bertz CT molecular complexity index is 258. The number of hydrogen-bond acceptors (Lipinski definition) is 1. The van der Waals surface area contributed by atoms with Crippen LogP contribution in [0.25, 0.3) is 0 Å². The molecular formula is C10H14BrN. The molecular weight excluding hydrogens is 214 g/mol.